The van der Waals surface area contributed by atoms with Gasteiger partial charge < -0.3 is 5.21 Å². The van der Waals surface area contributed by atoms with E-state index < -0.39 is 0 Å². The Morgan fingerprint density at radius 1 is 1.16 bits per heavy atom. The average Bonchev–Trinajstić information content (AvgIpc) is 2.32. The van der Waals surface area contributed by atoms with Crippen molar-refractivity contribution in [1.82, 2.24) is 9.97 Å². The van der Waals surface area contributed by atoms with Crippen molar-refractivity contribution in [1.29, 1.82) is 0 Å². The lowest BCUT2D eigenvalue weighted by atomic mass is 9.99. The molecule has 0 aromatic carbocycles. The fourth-order valence-corrected chi connectivity index (χ4v) is 3.67. The molecule has 0 amide bonds. The first-order valence-corrected chi connectivity index (χ1v) is 7.77. The molecule has 5 heteroatoms. The van der Waals surface area contributed by atoms with Crippen LogP contribution in [0.15, 0.2) is 16.4 Å². The molecule has 1 aliphatic rings. The van der Waals surface area contributed by atoms with Gasteiger partial charge in [0.05, 0.1) is 11.0 Å². The standard InChI is InChI=1S/C14H21N3OS/c1-10-9-11(2)16-14(15-10)19-13-8-6-4-3-5-7-12(13)17-18/h9,13,18H,3-8H2,1-2H3/b17-12+/t13-/m1/s1. The van der Waals surface area contributed by atoms with Crippen LogP contribution in [0.2, 0.25) is 0 Å². The highest BCUT2D eigenvalue weighted by molar-refractivity contribution is 8.00. The molecule has 0 unspecified atom stereocenters. The van der Waals surface area contributed by atoms with Crippen LogP contribution in [0.4, 0.5) is 0 Å². The largest absolute Gasteiger partial charge is 0.411 e. The molecule has 0 bridgehead atoms. The van der Waals surface area contributed by atoms with Gasteiger partial charge in [-0.1, -0.05) is 36.2 Å². The quantitative estimate of drug-likeness (QED) is 0.509. The lowest BCUT2D eigenvalue weighted by Crippen LogP contribution is -2.19. The van der Waals surface area contributed by atoms with Gasteiger partial charge in [-0.05, 0) is 39.2 Å². The summed E-state index contributed by atoms with van der Waals surface area (Å²) >= 11 is 1.64. The predicted molar refractivity (Wildman–Crippen MR) is 78.1 cm³/mol. The van der Waals surface area contributed by atoms with E-state index >= 15 is 0 Å². The van der Waals surface area contributed by atoms with Crippen molar-refractivity contribution in [3.63, 3.8) is 0 Å². The number of hydrogen-bond donors (Lipinski definition) is 1. The normalized spacial score (nSPS) is 23.1. The Bertz CT molecular complexity index is 442. The zero-order valence-electron chi connectivity index (χ0n) is 11.6. The lowest BCUT2D eigenvalue weighted by molar-refractivity contribution is 0.315. The third-order valence-electron chi connectivity index (χ3n) is 3.36. The van der Waals surface area contributed by atoms with E-state index in [1.165, 1.54) is 19.3 Å². The first kappa shape index (κ1) is 14.3. The minimum atomic E-state index is 0.214. The molecule has 1 fully saturated rings. The van der Waals surface area contributed by atoms with Gasteiger partial charge in [0.15, 0.2) is 5.16 Å². The summed E-state index contributed by atoms with van der Waals surface area (Å²) in [6, 6.07) is 1.98. The Morgan fingerprint density at radius 3 is 2.53 bits per heavy atom. The zero-order valence-corrected chi connectivity index (χ0v) is 12.4. The molecule has 4 nitrogen and oxygen atoms in total. The number of rotatable bonds is 2. The molecule has 0 aliphatic heterocycles. The topological polar surface area (TPSA) is 58.4 Å². The molecule has 0 spiro atoms. The van der Waals surface area contributed by atoms with Crippen LogP contribution in [-0.4, -0.2) is 26.1 Å². The van der Waals surface area contributed by atoms with Crippen LogP contribution in [-0.2, 0) is 0 Å². The lowest BCUT2D eigenvalue weighted by Gasteiger charge is -2.19. The Balaban J connectivity index is 2.13. The van der Waals surface area contributed by atoms with Crippen molar-refractivity contribution >= 4 is 17.5 Å². The van der Waals surface area contributed by atoms with Gasteiger partial charge in [0.1, 0.15) is 0 Å². The minimum Gasteiger partial charge on any atom is -0.411 e. The van der Waals surface area contributed by atoms with Crippen LogP contribution in [0.1, 0.15) is 49.9 Å². The molecule has 2 rings (SSSR count). The number of thioether (sulfide) groups is 1. The summed E-state index contributed by atoms with van der Waals surface area (Å²) < 4.78 is 0. The third-order valence-corrected chi connectivity index (χ3v) is 4.54. The monoisotopic (exact) mass is 279 g/mol. The summed E-state index contributed by atoms with van der Waals surface area (Å²) in [5, 5.41) is 13.7. The molecule has 1 aliphatic carbocycles. The SMILES string of the molecule is Cc1cc(C)nc(S[C@@H]2CCCCCC/C2=N\O)n1. The smallest absolute Gasteiger partial charge is 0.188 e. The molecule has 1 N–H and O–H groups in total. The van der Waals surface area contributed by atoms with E-state index in [9.17, 15) is 5.21 Å². The Morgan fingerprint density at radius 2 is 1.84 bits per heavy atom. The summed E-state index contributed by atoms with van der Waals surface area (Å²) in [5.41, 5.74) is 2.87. The van der Waals surface area contributed by atoms with Gasteiger partial charge in [-0.15, -0.1) is 0 Å². The first-order valence-electron chi connectivity index (χ1n) is 6.89. The summed E-state index contributed by atoms with van der Waals surface area (Å²) in [6.07, 6.45) is 6.73. The summed E-state index contributed by atoms with van der Waals surface area (Å²) in [7, 11) is 0. The Kier molecular flexibility index (Phi) is 5.19. The van der Waals surface area contributed by atoms with E-state index in [0.29, 0.717) is 0 Å². The van der Waals surface area contributed by atoms with Crippen molar-refractivity contribution in [2.75, 3.05) is 0 Å². The number of oxime groups is 1. The van der Waals surface area contributed by atoms with E-state index in [2.05, 4.69) is 15.1 Å². The van der Waals surface area contributed by atoms with Crippen molar-refractivity contribution < 1.29 is 5.21 Å². The summed E-state index contributed by atoms with van der Waals surface area (Å²) in [5.74, 6) is 0. The molecule has 1 aromatic heterocycles. The van der Waals surface area contributed by atoms with E-state index in [1.54, 1.807) is 11.8 Å². The van der Waals surface area contributed by atoms with Crippen molar-refractivity contribution in [3.05, 3.63) is 17.5 Å². The Hall–Kier alpha value is -1.10. The van der Waals surface area contributed by atoms with Crippen LogP contribution in [0.5, 0.6) is 0 Å². The van der Waals surface area contributed by atoms with E-state index in [4.69, 9.17) is 0 Å². The van der Waals surface area contributed by atoms with Crippen LogP contribution >= 0.6 is 11.8 Å². The molecule has 1 saturated carbocycles. The van der Waals surface area contributed by atoms with Gasteiger partial charge in [0.25, 0.3) is 0 Å². The van der Waals surface area contributed by atoms with Crippen molar-refractivity contribution in [3.8, 4) is 0 Å². The average molecular weight is 279 g/mol. The number of aromatic nitrogens is 2. The number of hydrogen-bond acceptors (Lipinski definition) is 5. The summed E-state index contributed by atoms with van der Waals surface area (Å²) in [6.45, 7) is 3.97. The van der Waals surface area contributed by atoms with Crippen molar-refractivity contribution in [2.45, 2.75) is 62.8 Å². The molecule has 1 heterocycles. The highest BCUT2D eigenvalue weighted by Gasteiger charge is 2.21. The second-order valence-electron chi connectivity index (χ2n) is 5.08. The molecule has 1 atom stereocenters. The van der Waals surface area contributed by atoms with Crippen molar-refractivity contribution in [2.24, 2.45) is 5.16 Å². The number of nitrogens with zero attached hydrogens (tertiary/aromatic N) is 3. The third kappa shape index (κ3) is 4.20. The molecular formula is C14H21N3OS. The molecule has 0 radical (unpaired) electrons. The van der Waals surface area contributed by atoms with E-state index in [1.807, 2.05) is 19.9 Å². The predicted octanol–water partition coefficient (Wildman–Crippen LogP) is 3.74. The van der Waals surface area contributed by atoms with Crippen LogP contribution in [0.25, 0.3) is 0 Å². The molecule has 1 aromatic rings. The molecule has 104 valence electrons. The molecular weight excluding hydrogens is 258 g/mol. The first-order chi connectivity index (χ1) is 9.19. The highest BCUT2D eigenvalue weighted by atomic mass is 32.2. The van der Waals surface area contributed by atoms with Gasteiger partial charge >= 0.3 is 0 Å². The van der Waals surface area contributed by atoms with E-state index in [-0.39, 0.29) is 5.25 Å². The second kappa shape index (κ2) is 6.89. The maximum atomic E-state index is 9.20. The van der Waals surface area contributed by atoms with Gasteiger partial charge in [0, 0.05) is 11.4 Å². The van der Waals surface area contributed by atoms with Gasteiger partial charge in [-0.3, -0.25) is 0 Å². The zero-order chi connectivity index (χ0) is 13.7. The molecule has 0 saturated heterocycles. The second-order valence-corrected chi connectivity index (χ2v) is 6.25. The van der Waals surface area contributed by atoms with Crippen LogP contribution in [0.3, 0.4) is 0 Å². The highest BCUT2D eigenvalue weighted by Crippen LogP contribution is 2.29. The number of aryl methyl sites for hydroxylation is 2. The summed E-state index contributed by atoms with van der Waals surface area (Å²) in [4.78, 5) is 8.93. The minimum absolute atomic E-state index is 0.214. The molecule has 19 heavy (non-hydrogen) atoms. The van der Waals surface area contributed by atoms with Gasteiger partial charge in [-0.2, -0.15) is 0 Å². The fraction of sp³-hybridized carbons (Fsp3) is 0.643. The maximum absolute atomic E-state index is 9.20. The maximum Gasteiger partial charge on any atom is 0.188 e. The fourth-order valence-electron chi connectivity index (χ4n) is 2.43. The van der Waals surface area contributed by atoms with Crippen LogP contribution in [0, 0.1) is 13.8 Å². The van der Waals surface area contributed by atoms with Crippen LogP contribution < -0.4 is 0 Å². The van der Waals surface area contributed by atoms with Gasteiger partial charge in [-0.25, -0.2) is 9.97 Å². The Labute approximate surface area is 118 Å². The van der Waals surface area contributed by atoms with Gasteiger partial charge in [0.2, 0.25) is 0 Å². The van der Waals surface area contributed by atoms with E-state index in [0.717, 1.165) is 41.5 Å².